The monoisotopic (exact) mass is 376 g/mol. The van der Waals surface area contributed by atoms with E-state index in [4.69, 9.17) is 4.74 Å². The fourth-order valence-electron chi connectivity index (χ4n) is 1.84. The molecule has 136 valence electrons. The summed E-state index contributed by atoms with van der Waals surface area (Å²) in [5, 5.41) is 3.84. The fraction of sp³-hybridized carbons (Fsp3) is 0.429. The van der Waals surface area contributed by atoms with E-state index in [2.05, 4.69) is 20.8 Å². The second-order valence-electron chi connectivity index (χ2n) is 5.08. The topological polar surface area (TPSA) is 97.5 Å². The molecular weight excluding hydrogens is 359 g/mol. The van der Waals surface area contributed by atoms with Crippen molar-refractivity contribution in [1.82, 2.24) is 19.7 Å². The second-order valence-corrected chi connectivity index (χ2v) is 6.07. The molecule has 2 rings (SSSR count). The summed E-state index contributed by atoms with van der Waals surface area (Å²) >= 11 is 0.916. The smallest absolute Gasteiger partial charge is 0.433 e. The number of aromatic nitrogens is 4. The molecule has 25 heavy (non-hydrogen) atoms. The highest BCUT2D eigenvalue weighted by atomic mass is 32.2. The SMILES string of the molecule is CCOC(=O)[C@H]([NH3+])CSc1nc(-c2cnn(C)c2)cc(C(F)(F)F)n1. The van der Waals surface area contributed by atoms with E-state index < -0.39 is 23.9 Å². The van der Waals surface area contributed by atoms with Gasteiger partial charge in [0.1, 0.15) is 5.69 Å². The highest BCUT2D eigenvalue weighted by Crippen LogP contribution is 2.31. The third kappa shape index (κ3) is 5.16. The maximum Gasteiger partial charge on any atom is 0.433 e. The molecule has 0 unspecified atom stereocenters. The number of quaternary nitrogens is 1. The zero-order valence-electron chi connectivity index (χ0n) is 13.6. The van der Waals surface area contributed by atoms with Crippen molar-refractivity contribution in [2.45, 2.75) is 24.3 Å². The molecule has 11 heteroatoms. The molecule has 0 bridgehead atoms. The first-order valence-corrected chi connectivity index (χ1v) is 8.27. The number of hydrogen-bond acceptors (Lipinski definition) is 6. The number of esters is 1. The van der Waals surface area contributed by atoms with E-state index in [1.807, 2.05) is 0 Å². The predicted molar refractivity (Wildman–Crippen MR) is 83.3 cm³/mol. The molecule has 0 aliphatic heterocycles. The molecule has 2 aromatic rings. The van der Waals surface area contributed by atoms with Gasteiger partial charge in [-0.2, -0.15) is 18.3 Å². The van der Waals surface area contributed by atoms with Crippen LogP contribution in [0.3, 0.4) is 0 Å². The van der Waals surface area contributed by atoms with Crippen molar-refractivity contribution in [3.63, 3.8) is 0 Å². The molecule has 3 N–H and O–H groups in total. The number of aryl methyl sites for hydroxylation is 1. The van der Waals surface area contributed by atoms with Gasteiger partial charge in [-0.15, -0.1) is 0 Å². The van der Waals surface area contributed by atoms with Gasteiger partial charge in [-0.1, -0.05) is 11.8 Å². The van der Waals surface area contributed by atoms with Gasteiger partial charge in [-0.05, 0) is 13.0 Å². The third-order valence-electron chi connectivity index (χ3n) is 3.03. The molecule has 0 aliphatic rings. The van der Waals surface area contributed by atoms with E-state index >= 15 is 0 Å². The summed E-state index contributed by atoms with van der Waals surface area (Å²) in [5.41, 5.74) is 3.13. The Hall–Kier alpha value is -2.14. The molecule has 0 aromatic carbocycles. The molecule has 1 atom stereocenters. The van der Waals surface area contributed by atoms with E-state index in [9.17, 15) is 18.0 Å². The first-order valence-electron chi connectivity index (χ1n) is 7.28. The van der Waals surface area contributed by atoms with E-state index in [0.29, 0.717) is 5.56 Å². The van der Waals surface area contributed by atoms with Crippen LogP contribution in [-0.4, -0.2) is 44.1 Å². The van der Waals surface area contributed by atoms with Crippen molar-refractivity contribution in [3.05, 3.63) is 24.2 Å². The van der Waals surface area contributed by atoms with E-state index in [-0.39, 0.29) is 23.2 Å². The van der Waals surface area contributed by atoms with Gasteiger partial charge < -0.3 is 10.5 Å². The van der Waals surface area contributed by atoms with Crippen LogP contribution in [0.15, 0.2) is 23.6 Å². The molecule has 0 saturated carbocycles. The average molecular weight is 376 g/mol. The van der Waals surface area contributed by atoms with Gasteiger partial charge in [-0.25, -0.2) is 14.8 Å². The van der Waals surface area contributed by atoms with E-state index in [0.717, 1.165) is 17.8 Å². The van der Waals surface area contributed by atoms with Crippen LogP contribution in [0, 0.1) is 0 Å². The van der Waals surface area contributed by atoms with Crippen molar-refractivity contribution in [3.8, 4) is 11.3 Å². The zero-order chi connectivity index (χ0) is 18.6. The Morgan fingerprint density at radius 2 is 2.16 bits per heavy atom. The molecule has 2 aromatic heterocycles. The van der Waals surface area contributed by atoms with Crippen LogP contribution in [0.1, 0.15) is 12.6 Å². The summed E-state index contributed by atoms with van der Waals surface area (Å²) in [6, 6.07) is 0.138. The number of ether oxygens (including phenoxy) is 1. The predicted octanol–water partition coefficient (Wildman–Crippen LogP) is 1.16. The minimum Gasteiger partial charge on any atom is -0.462 e. The van der Waals surface area contributed by atoms with Crippen molar-refractivity contribution >= 4 is 17.7 Å². The Balaban J connectivity index is 2.26. The standard InChI is InChI=1S/C14H16F3N5O2S/c1-3-24-12(23)9(18)7-25-13-20-10(8-5-19-22(2)6-8)4-11(21-13)14(15,16)17/h4-6,9H,3,7,18H2,1-2H3/p+1/t9-/m1/s1. The van der Waals surface area contributed by atoms with Gasteiger partial charge >= 0.3 is 12.1 Å². The van der Waals surface area contributed by atoms with Crippen molar-refractivity contribution in [2.24, 2.45) is 7.05 Å². The van der Waals surface area contributed by atoms with Gasteiger partial charge in [0.25, 0.3) is 0 Å². The molecular formula is C14H17F3N5O2S+. The van der Waals surface area contributed by atoms with Crippen LogP contribution >= 0.6 is 11.8 Å². The number of halogens is 3. The maximum absolute atomic E-state index is 13.1. The lowest BCUT2D eigenvalue weighted by Gasteiger charge is -2.10. The van der Waals surface area contributed by atoms with Crippen LogP contribution < -0.4 is 5.73 Å². The first-order chi connectivity index (χ1) is 11.7. The number of carbonyl (C=O) groups is 1. The normalized spacial score (nSPS) is 12.9. The number of thioether (sulfide) groups is 1. The van der Waals surface area contributed by atoms with Gasteiger partial charge in [0.05, 0.1) is 24.3 Å². The Morgan fingerprint density at radius 3 is 2.72 bits per heavy atom. The number of carbonyl (C=O) groups excluding carboxylic acids is 1. The Labute approximate surface area is 145 Å². The number of hydrogen-bond donors (Lipinski definition) is 1. The lowest BCUT2D eigenvalue weighted by Crippen LogP contribution is -2.66. The van der Waals surface area contributed by atoms with Crippen molar-refractivity contribution in [1.29, 1.82) is 0 Å². The quantitative estimate of drug-likeness (QED) is 0.462. The summed E-state index contributed by atoms with van der Waals surface area (Å²) in [4.78, 5) is 19.2. The van der Waals surface area contributed by atoms with E-state index in [1.165, 1.54) is 10.9 Å². The minimum absolute atomic E-state index is 0.0911. The summed E-state index contributed by atoms with van der Waals surface area (Å²) in [5.74, 6) is -0.415. The average Bonchev–Trinajstić information content (AvgIpc) is 2.98. The first kappa shape index (κ1) is 19.2. The van der Waals surface area contributed by atoms with Crippen LogP contribution in [-0.2, 0) is 22.8 Å². The summed E-state index contributed by atoms with van der Waals surface area (Å²) in [6.45, 7) is 1.87. The Kier molecular flexibility index (Phi) is 6.01. The fourth-order valence-corrected chi connectivity index (χ4v) is 2.65. The molecule has 0 fully saturated rings. The van der Waals surface area contributed by atoms with E-state index in [1.54, 1.807) is 20.2 Å². The van der Waals surface area contributed by atoms with Crippen LogP contribution in [0.2, 0.25) is 0 Å². The maximum atomic E-state index is 13.1. The molecule has 0 aliphatic carbocycles. The molecule has 0 radical (unpaired) electrons. The van der Waals surface area contributed by atoms with Gasteiger partial charge in [0.15, 0.2) is 11.2 Å². The highest BCUT2D eigenvalue weighted by Gasteiger charge is 2.34. The summed E-state index contributed by atoms with van der Waals surface area (Å²) < 4.78 is 45.6. The Morgan fingerprint density at radius 1 is 1.44 bits per heavy atom. The Bertz CT molecular complexity index is 750. The van der Waals surface area contributed by atoms with Crippen LogP contribution in [0.4, 0.5) is 13.2 Å². The molecule has 7 nitrogen and oxygen atoms in total. The second kappa shape index (κ2) is 7.83. The summed E-state index contributed by atoms with van der Waals surface area (Å²) in [6.07, 6.45) is -1.64. The molecule has 0 spiro atoms. The number of rotatable bonds is 6. The summed E-state index contributed by atoms with van der Waals surface area (Å²) in [7, 11) is 1.65. The molecule has 2 heterocycles. The lowest BCUT2D eigenvalue weighted by atomic mass is 10.2. The van der Waals surface area contributed by atoms with Crippen molar-refractivity contribution in [2.75, 3.05) is 12.4 Å². The molecule has 0 saturated heterocycles. The minimum atomic E-state index is -4.61. The lowest BCUT2D eigenvalue weighted by molar-refractivity contribution is -0.401. The number of alkyl halides is 3. The van der Waals surface area contributed by atoms with Crippen molar-refractivity contribution < 1.29 is 28.4 Å². The van der Waals surface area contributed by atoms with Crippen LogP contribution in [0.5, 0.6) is 0 Å². The third-order valence-corrected chi connectivity index (χ3v) is 4.04. The molecule has 0 amide bonds. The van der Waals surface area contributed by atoms with Crippen LogP contribution in [0.25, 0.3) is 11.3 Å². The largest absolute Gasteiger partial charge is 0.462 e. The van der Waals surface area contributed by atoms with Gasteiger partial charge in [-0.3, -0.25) is 4.68 Å². The van der Waals surface area contributed by atoms with Gasteiger partial charge in [0.2, 0.25) is 0 Å². The number of nitrogens with zero attached hydrogens (tertiary/aromatic N) is 4. The highest BCUT2D eigenvalue weighted by molar-refractivity contribution is 7.99. The van der Waals surface area contributed by atoms with Gasteiger partial charge in [0, 0.05) is 18.8 Å². The zero-order valence-corrected chi connectivity index (χ0v) is 14.4.